The number of aliphatic carboxylic acids is 1. The van der Waals surface area contributed by atoms with Crippen LogP contribution in [0.25, 0.3) is 5.57 Å². The molecule has 5 nitrogen and oxygen atoms in total. The normalized spacial score (nSPS) is 19.1. The van der Waals surface area contributed by atoms with Crippen molar-refractivity contribution in [3.05, 3.63) is 41.5 Å². The average molecular weight is 240 g/mol. The first-order valence-corrected chi connectivity index (χ1v) is 5.92. The van der Waals surface area contributed by atoms with Crippen molar-refractivity contribution in [2.45, 2.75) is 5.25 Å². The van der Waals surface area contributed by atoms with Gasteiger partial charge >= 0.3 is 5.97 Å². The second-order valence-corrected chi connectivity index (χ2v) is 4.95. The monoisotopic (exact) mass is 240 g/mol. The van der Waals surface area contributed by atoms with Crippen LogP contribution < -0.4 is 0 Å². The van der Waals surface area contributed by atoms with E-state index in [0.29, 0.717) is 11.1 Å². The standard InChI is InChI=1S/C10H8O5S/c11-10(12)8-5-9(16(13,14)15)7-4-2-1-3-6(7)8/h1-5,9H,(H,11,12)(H,13,14,15). The average Bonchev–Trinajstić information content (AvgIpc) is 2.56. The molecule has 0 radical (unpaired) electrons. The fourth-order valence-electron chi connectivity index (χ4n) is 1.75. The van der Waals surface area contributed by atoms with Crippen LogP contribution in [0, 0.1) is 0 Å². The van der Waals surface area contributed by atoms with Crippen LogP contribution in [0.1, 0.15) is 16.4 Å². The van der Waals surface area contributed by atoms with Crippen molar-refractivity contribution >= 4 is 21.7 Å². The lowest BCUT2D eigenvalue weighted by Gasteiger charge is -2.06. The van der Waals surface area contributed by atoms with Crippen molar-refractivity contribution < 1.29 is 22.9 Å². The number of benzene rings is 1. The minimum absolute atomic E-state index is 0.0989. The minimum Gasteiger partial charge on any atom is -0.478 e. The molecule has 84 valence electrons. The molecule has 0 aliphatic heterocycles. The molecule has 1 aromatic rings. The second-order valence-electron chi connectivity index (χ2n) is 3.41. The maximum Gasteiger partial charge on any atom is 0.336 e. The van der Waals surface area contributed by atoms with Crippen molar-refractivity contribution in [1.82, 2.24) is 0 Å². The third-order valence-electron chi connectivity index (χ3n) is 2.43. The van der Waals surface area contributed by atoms with Gasteiger partial charge in [-0.15, -0.1) is 0 Å². The first kappa shape index (κ1) is 10.8. The van der Waals surface area contributed by atoms with Gasteiger partial charge in [-0.05, 0) is 17.2 Å². The molecule has 1 aliphatic rings. The first-order valence-electron chi connectivity index (χ1n) is 4.42. The van der Waals surface area contributed by atoms with E-state index in [0.717, 1.165) is 6.08 Å². The lowest BCUT2D eigenvalue weighted by atomic mass is 10.1. The summed E-state index contributed by atoms with van der Waals surface area (Å²) in [5, 5.41) is 7.62. The Morgan fingerprint density at radius 1 is 1.25 bits per heavy atom. The number of hydrogen-bond acceptors (Lipinski definition) is 3. The Morgan fingerprint density at radius 3 is 2.44 bits per heavy atom. The van der Waals surface area contributed by atoms with Gasteiger partial charge in [-0.3, -0.25) is 4.55 Å². The summed E-state index contributed by atoms with van der Waals surface area (Å²) in [5.74, 6) is -1.21. The predicted octanol–water partition coefficient (Wildman–Crippen LogP) is 1.10. The molecule has 2 N–H and O–H groups in total. The second kappa shape index (κ2) is 3.43. The molecule has 16 heavy (non-hydrogen) atoms. The van der Waals surface area contributed by atoms with E-state index >= 15 is 0 Å². The van der Waals surface area contributed by atoms with E-state index in [4.69, 9.17) is 9.66 Å². The summed E-state index contributed by atoms with van der Waals surface area (Å²) in [6, 6.07) is 6.21. The summed E-state index contributed by atoms with van der Waals surface area (Å²) in [4.78, 5) is 10.9. The molecule has 0 heterocycles. The Hall–Kier alpha value is -1.66. The zero-order valence-electron chi connectivity index (χ0n) is 7.99. The molecule has 1 aliphatic carbocycles. The van der Waals surface area contributed by atoms with E-state index < -0.39 is 21.3 Å². The summed E-state index contributed by atoms with van der Waals surface area (Å²) in [6.07, 6.45) is 1.04. The lowest BCUT2D eigenvalue weighted by molar-refractivity contribution is -0.130. The van der Waals surface area contributed by atoms with Crippen molar-refractivity contribution in [1.29, 1.82) is 0 Å². The molecule has 1 atom stereocenters. The largest absolute Gasteiger partial charge is 0.478 e. The van der Waals surface area contributed by atoms with Gasteiger partial charge in [0.15, 0.2) is 0 Å². The van der Waals surface area contributed by atoms with Gasteiger partial charge in [0.2, 0.25) is 0 Å². The summed E-state index contributed by atoms with van der Waals surface area (Å²) >= 11 is 0. The van der Waals surface area contributed by atoms with Crippen LogP contribution in [0.2, 0.25) is 0 Å². The summed E-state index contributed by atoms with van der Waals surface area (Å²) in [7, 11) is -4.32. The molecule has 2 rings (SSSR count). The molecule has 0 aromatic heterocycles. The molecule has 0 amide bonds. The van der Waals surface area contributed by atoms with Crippen molar-refractivity contribution in [3.63, 3.8) is 0 Å². The van der Waals surface area contributed by atoms with Crippen LogP contribution in [0.3, 0.4) is 0 Å². The maximum atomic E-state index is 11.1. The maximum absolute atomic E-state index is 11.1. The van der Waals surface area contributed by atoms with Crippen molar-refractivity contribution in [3.8, 4) is 0 Å². The zero-order valence-corrected chi connectivity index (χ0v) is 8.81. The third-order valence-corrected chi connectivity index (χ3v) is 3.46. The Balaban J connectivity index is 2.67. The van der Waals surface area contributed by atoms with Crippen LogP contribution in [-0.2, 0) is 14.9 Å². The molecule has 0 fully saturated rings. The number of carbonyl (C=O) groups is 1. The Labute approximate surface area is 91.8 Å². The fourth-order valence-corrected chi connectivity index (χ4v) is 2.59. The number of carboxylic acids is 1. The van der Waals surface area contributed by atoms with Crippen LogP contribution >= 0.6 is 0 Å². The van der Waals surface area contributed by atoms with E-state index in [9.17, 15) is 13.2 Å². The molecule has 0 saturated carbocycles. The highest BCUT2D eigenvalue weighted by Crippen LogP contribution is 2.38. The van der Waals surface area contributed by atoms with E-state index in [1.165, 1.54) is 12.1 Å². The van der Waals surface area contributed by atoms with Crippen LogP contribution in [0.5, 0.6) is 0 Å². The highest BCUT2D eigenvalue weighted by molar-refractivity contribution is 7.86. The topological polar surface area (TPSA) is 91.7 Å². The molecule has 0 saturated heterocycles. The third kappa shape index (κ3) is 1.62. The molecule has 1 unspecified atom stereocenters. The first-order chi connectivity index (χ1) is 7.41. The summed E-state index contributed by atoms with van der Waals surface area (Å²) in [5.41, 5.74) is 0.526. The van der Waals surface area contributed by atoms with Crippen LogP contribution in [-0.4, -0.2) is 24.0 Å². The van der Waals surface area contributed by atoms with E-state index in [2.05, 4.69) is 0 Å². The van der Waals surface area contributed by atoms with Gasteiger partial charge < -0.3 is 5.11 Å². The van der Waals surface area contributed by atoms with Gasteiger partial charge in [0.25, 0.3) is 10.1 Å². The van der Waals surface area contributed by atoms with Crippen molar-refractivity contribution in [2.75, 3.05) is 0 Å². The smallest absolute Gasteiger partial charge is 0.336 e. The van der Waals surface area contributed by atoms with E-state index in [1.54, 1.807) is 12.1 Å². The number of fused-ring (bicyclic) bond motifs is 1. The highest BCUT2D eigenvalue weighted by Gasteiger charge is 2.34. The number of carboxylic acid groups (broad SMARTS) is 1. The Morgan fingerprint density at radius 2 is 1.88 bits per heavy atom. The molecule has 0 bridgehead atoms. The number of rotatable bonds is 2. The highest BCUT2D eigenvalue weighted by atomic mass is 32.2. The fraction of sp³-hybridized carbons (Fsp3) is 0.100. The van der Waals surface area contributed by atoms with Crippen molar-refractivity contribution in [2.24, 2.45) is 0 Å². The van der Waals surface area contributed by atoms with E-state index in [1.807, 2.05) is 0 Å². The lowest BCUT2D eigenvalue weighted by Crippen LogP contribution is -2.07. The Kier molecular flexibility index (Phi) is 2.32. The zero-order chi connectivity index (χ0) is 11.9. The Bertz CT molecular complexity index is 585. The molecular formula is C10H8O5S. The minimum atomic E-state index is -4.32. The van der Waals surface area contributed by atoms with E-state index in [-0.39, 0.29) is 5.57 Å². The van der Waals surface area contributed by atoms with Gasteiger partial charge in [-0.1, -0.05) is 24.3 Å². The summed E-state index contributed by atoms with van der Waals surface area (Å²) < 4.78 is 31.2. The van der Waals surface area contributed by atoms with Gasteiger partial charge in [0, 0.05) is 0 Å². The molecule has 6 heteroatoms. The predicted molar refractivity (Wildman–Crippen MR) is 56.3 cm³/mol. The van der Waals surface area contributed by atoms with Crippen LogP contribution in [0.4, 0.5) is 0 Å². The SMILES string of the molecule is O=C(O)C1=CC(S(=O)(=O)O)c2ccccc21. The van der Waals surface area contributed by atoms with Gasteiger partial charge in [-0.2, -0.15) is 8.42 Å². The van der Waals surface area contributed by atoms with Gasteiger partial charge in [-0.25, -0.2) is 4.79 Å². The quantitative estimate of drug-likeness (QED) is 0.755. The molecular weight excluding hydrogens is 232 g/mol. The van der Waals surface area contributed by atoms with Gasteiger partial charge in [0.1, 0.15) is 5.25 Å². The van der Waals surface area contributed by atoms with Gasteiger partial charge in [0.05, 0.1) is 5.57 Å². The molecule has 1 aromatic carbocycles. The molecule has 0 spiro atoms. The van der Waals surface area contributed by atoms with Crippen LogP contribution in [0.15, 0.2) is 30.3 Å². The summed E-state index contributed by atoms with van der Waals surface area (Å²) in [6.45, 7) is 0. The number of hydrogen-bond donors (Lipinski definition) is 2.